The van der Waals surface area contributed by atoms with E-state index in [-0.39, 0.29) is 24.1 Å². The minimum absolute atomic E-state index is 0.193. The van der Waals surface area contributed by atoms with Gasteiger partial charge in [-0.2, -0.15) is 0 Å². The molecule has 0 atom stereocenters. The van der Waals surface area contributed by atoms with E-state index >= 15 is 0 Å². The van der Waals surface area contributed by atoms with Crippen LogP contribution in [-0.4, -0.2) is 42.4 Å². The Morgan fingerprint density at radius 2 is 1.92 bits per heavy atom. The van der Waals surface area contributed by atoms with Gasteiger partial charge >= 0.3 is 6.09 Å². The Morgan fingerprint density at radius 3 is 2.44 bits per heavy atom. The predicted molar refractivity (Wildman–Crippen MR) is 93.2 cm³/mol. The fraction of sp³-hybridized carbons (Fsp3) is 0.632. The second kappa shape index (κ2) is 7.60. The summed E-state index contributed by atoms with van der Waals surface area (Å²) in [6, 6.07) is 4.74. The van der Waals surface area contributed by atoms with Crippen LogP contribution in [0.3, 0.4) is 0 Å². The zero-order valence-corrected chi connectivity index (χ0v) is 15.7. The lowest BCUT2D eigenvalue weighted by Gasteiger charge is -2.39. The number of hydrogen-bond donors (Lipinski definition) is 0. The first-order valence-corrected chi connectivity index (χ1v) is 8.56. The molecule has 6 heteroatoms. The average molecular weight is 353 g/mol. The Balaban J connectivity index is 1.87. The summed E-state index contributed by atoms with van der Waals surface area (Å²) in [6.45, 7) is 8.88. The molecular weight excluding hydrogens is 325 g/mol. The second-order valence-corrected chi connectivity index (χ2v) is 7.66. The van der Waals surface area contributed by atoms with E-state index in [1.165, 1.54) is 13.2 Å². The Bertz CT molecular complexity index is 604. The van der Waals surface area contributed by atoms with Gasteiger partial charge in [0.2, 0.25) is 0 Å². The molecule has 1 aliphatic heterocycles. The molecule has 1 heterocycles. The largest absolute Gasteiger partial charge is 0.497 e. The SMILES string of the molecule is COc1ccc(COC2(C)CCN(C(=O)OC(C)(C)C)CC2)c(F)c1. The third-order valence-corrected chi connectivity index (χ3v) is 4.31. The molecule has 0 saturated carbocycles. The van der Waals surface area contributed by atoms with Crippen molar-refractivity contribution in [1.82, 2.24) is 4.90 Å². The molecular formula is C19H28FNO4. The lowest BCUT2D eigenvalue weighted by molar-refractivity contribution is -0.0818. The second-order valence-electron chi connectivity index (χ2n) is 7.66. The first-order valence-electron chi connectivity index (χ1n) is 8.56. The highest BCUT2D eigenvalue weighted by atomic mass is 19.1. The number of likely N-dealkylation sites (tertiary alicyclic amines) is 1. The van der Waals surface area contributed by atoms with Crippen LogP contribution >= 0.6 is 0 Å². The number of nitrogens with zero attached hydrogens (tertiary/aromatic N) is 1. The van der Waals surface area contributed by atoms with Crippen LogP contribution in [0, 0.1) is 5.82 Å². The molecule has 1 saturated heterocycles. The van der Waals surface area contributed by atoms with E-state index in [0.717, 1.165) is 0 Å². The van der Waals surface area contributed by atoms with Crippen molar-refractivity contribution >= 4 is 6.09 Å². The van der Waals surface area contributed by atoms with Crippen LogP contribution in [0.1, 0.15) is 46.1 Å². The van der Waals surface area contributed by atoms with Gasteiger partial charge in [0.1, 0.15) is 17.2 Å². The highest BCUT2D eigenvalue weighted by Crippen LogP contribution is 2.29. The molecule has 140 valence electrons. The quantitative estimate of drug-likeness (QED) is 0.816. The first-order chi connectivity index (χ1) is 11.6. The molecule has 0 unspecified atom stereocenters. The summed E-state index contributed by atoms with van der Waals surface area (Å²) in [6.07, 6.45) is 1.07. The highest BCUT2D eigenvalue weighted by Gasteiger charge is 2.34. The Hall–Kier alpha value is -1.82. The molecule has 1 aliphatic rings. The number of piperidine rings is 1. The van der Waals surface area contributed by atoms with Crippen LogP contribution in [0.4, 0.5) is 9.18 Å². The van der Waals surface area contributed by atoms with E-state index in [9.17, 15) is 9.18 Å². The van der Waals surface area contributed by atoms with Gasteiger partial charge in [-0.3, -0.25) is 0 Å². The molecule has 0 spiro atoms. The maximum atomic E-state index is 14.0. The number of halogens is 1. The topological polar surface area (TPSA) is 48.0 Å². The molecule has 0 aromatic heterocycles. The zero-order valence-electron chi connectivity index (χ0n) is 15.7. The van der Waals surface area contributed by atoms with E-state index in [1.54, 1.807) is 17.0 Å². The van der Waals surface area contributed by atoms with Gasteiger partial charge < -0.3 is 19.1 Å². The third-order valence-electron chi connectivity index (χ3n) is 4.31. The molecule has 25 heavy (non-hydrogen) atoms. The standard InChI is InChI=1S/C19H28FNO4/c1-18(2,3)25-17(22)21-10-8-19(4,9-11-21)24-13-14-6-7-15(23-5)12-16(14)20/h6-7,12H,8-11,13H2,1-5H3. The number of hydrogen-bond acceptors (Lipinski definition) is 4. The van der Waals surface area contributed by atoms with Crippen LogP contribution in [0.15, 0.2) is 18.2 Å². The normalized spacial score (nSPS) is 17.3. The van der Waals surface area contributed by atoms with E-state index < -0.39 is 5.60 Å². The third kappa shape index (κ3) is 5.59. The van der Waals surface area contributed by atoms with Crippen molar-refractivity contribution in [1.29, 1.82) is 0 Å². The van der Waals surface area contributed by atoms with E-state index in [1.807, 2.05) is 27.7 Å². The summed E-state index contributed by atoms with van der Waals surface area (Å²) in [5, 5.41) is 0. The number of ether oxygens (including phenoxy) is 3. The van der Waals surface area contributed by atoms with Gasteiger partial charge in [-0.25, -0.2) is 9.18 Å². The molecule has 1 amide bonds. The van der Waals surface area contributed by atoms with Crippen molar-refractivity contribution in [3.8, 4) is 5.75 Å². The number of rotatable bonds is 4. The molecule has 0 N–H and O–H groups in total. The van der Waals surface area contributed by atoms with Gasteiger partial charge in [0.15, 0.2) is 0 Å². The van der Waals surface area contributed by atoms with Gasteiger partial charge in [-0.05, 0) is 46.6 Å². The molecule has 0 aliphatic carbocycles. The molecule has 5 nitrogen and oxygen atoms in total. The summed E-state index contributed by atoms with van der Waals surface area (Å²) < 4.78 is 30.4. The van der Waals surface area contributed by atoms with Crippen LogP contribution in [0.25, 0.3) is 0 Å². The maximum absolute atomic E-state index is 14.0. The Labute approximate surface area is 149 Å². The van der Waals surface area contributed by atoms with E-state index in [2.05, 4.69) is 0 Å². The van der Waals surface area contributed by atoms with Crippen LogP contribution in [0.5, 0.6) is 5.75 Å². The van der Waals surface area contributed by atoms with Crippen molar-refractivity contribution in [2.45, 2.75) is 58.3 Å². The predicted octanol–water partition coefficient (Wildman–Crippen LogP) is 4.14. The monoisotopic (exact) mass is 353 g/mol. The summed E-state index contributed by atoms with van der Waals surface area (Å²) in [7, 11) is 1.50. The molecule has 0 radical (unpaired) electrons. The number of methoxy groups -OCH3 is 1. The van der Waals surface area contributed by atoms with E-state index in [4.69, 9.17) is 14.2 Å². The fourth-order valence-corrected chi connectivity index (χ4v) is 2.66. The first kappa shape index (κ1) is 19.5. The number of benzene rings is 1. The lowest BCUT2D eigenvalue weighted by atomic mass is 9.93. The molecule has 1 aromatic rings. The molecule has 1 fully saturated rings. The van der Waals surface area contributed by atoms with Gasteiger partial charge in [0.25, 0.3) is 0 Å². The maximum Gasteiger partial charge on any atom is 0.410 e. The van der Waals surface area contributed by atoms with Crippen LogP contribution < -0.4 is 4.74 Å². The Morgan fingerprint density at radius 1 is 1.28 bits per heavy atom. The molecule has 2 rings (SSSR count). The Kier molecular flexibility index (Phi) is 5.93. The summed E-state index contributed by atoms with van der Waals surface area (Å²) >= 11 is 0. The minimum atomic E-state index is -0.500. The summed E-state index contributed by atoms with van der Waals surface area (Å²) in [5.74, 6) is 0.146. The number of carbonyl (C=O) groups is 1. The van der Waals surface area contributed by atoms with E-state index in [0.29, 0.717) is 37.2 Å². The highest BCUT2D eigenvalue weighted by molar-refractivity contribution is 5.68. The minimum Gasteiger partial charge on any atom is -0.497 e. The van der Waals surface area contributed by atoms with Gasteiger partial charge in [-0.1, -0.05) is 6.07 Å². The molecule has 1 aromatic carbocycles. The van der Waals surface area contributed by atoms with Crippen molar-refractivity contribution in [3.63, 3.8) is 0 Å². The fourth-order valence-electron chi connectivity index (χ4n) is 2.66. The van der Waals surface area contributed by atoms with Crippen LogP contribution in [0.2, 0.25) is 0 Å². The smallest absolute Gasteiger partial charge is 0.410 e. The van der Waals surface area contributed by atoms with Gasteiger partial charge in [-0.15, -0.1) is 0 Å². The van der Waals surface area contributed by atoms with Crippen molar-refractivity contribution in [2.75, 3.05) is 20.2 Å². The zero-order chi connectivity index (χ0) is 18.7. The van der Waals surface area contributed by atoms with Crippen molar-refractivity contribution in [2.24, 2.45) is 0 Å². The van der Waals surface area contributed by atoms with Crippen LogP contribution in [-0.2, 0) is 16.1 Å². The summed E-state index contributed by atoms with van der Waals surface area (Å²) in [5.41, 5.74) is -0.387. The van der Waals surface area contributed by atoms with Gasteiger partial charge in [0, 0.05) is 24.7 Å². The lowest BCUT2D eigenvalue weighted by Crippen LogP contribution is -2.47. The number of carbonyl (C=O) groups excluding carboxylic acids is 1. The molecule has 0 bridgehead atoms. The van der Waals surface area contributed by atoms with Crippen molar-refractivity contribution in [3.05, 3.63) is 29.6 Å². The average Bonchev–Trinajstić information content (AvgIpc) is 2.52. The van der Waals surface area contributed by atoms with Crippen molar-refractivity contribution < 1.29 is 23.4 Å². The summed E-state index contributed by atoms with van der Waals surface area (Å²) in [4.78, 5) is 13.8. The number of amides is 1. The van der Waals surface area contributed by atoms with Gasteiger partial charge in [0.05, 0.1) is 19.3 Å².